The average molecular weight is 609 g/mol. The molecule has 1 aromatic carbocycles. The van der Waals surface area contributed by atoms with E-state index in [1.807, 2.05) is 13.0 Å². The maximum absolute atomic E-state index is 13.7. The number of anilines is 2. The van der Waals surface area contributed by atoms with Crippen LogP contribution in [0.15, 0.2) is 43.0 Å². The van der Waals surface area contributed by atoms with Crippen LogP contribution in [0, 0.1) is 11.3 Å². The molecule has 0 spiro atoms. The van der Waals surface area contributed by atoms with Gasteiger partial charge in [0, 0.05) is 42.9 Å². The molecule has 3 aromatic heterocycles. The van der Waals surface area contributed by atoms with Crippen LogP contribution in [0.2, 0.25) is 0 Å². The first-order chi connectivity index (χ1) is 21.2. The van der Waals surface area contributed by atoms with Crippen molar-refractivity contribution >= 4 is 29.0 Å². The van der Waals surface area contributed by atoms with Crippen LogP contribution in [0.4, 0.5) is 24.7 Å². The molecule has 1 saturated heterocycles. The fourth-order valence-electron chi connectivity index (χ4n) is 5.13. The van der Waals surface area contributed by atoms with Crippen LogP contribution in [-0.4, -0.2) is 61.6 Å². The zero-order chi connectivity index (χ0) is 31.3. The van der Waals surface area contributed by atoms with E-state index in [1.165, 1.54) is 29.2 Å². The van der Waals surface area contributed by atoms with E-state index in [4.69, 9.17) is 5.26 Å². The highest BCUT2D eigenvalue weighted by Crippen LogP contribution is 2.37. The average Bonchev–Trinajstić information content (AvgIpc) is 3.77. The van der Waals surface area contributed by atoms with Crippen molar-refractivity contribution in [3.8, 4) is 17.3 Å². The summed E-state index contributed by atoms with van der Waals surface area (Å²) in [5.74, 6) is 0.0539. The van der Waals surface area contributed by atoms with Gasteiger partial charge < -0.3 is 21.3 Å². The molecule has 0 saturated carbocycles. The number of aromatic nitrogens is 5. The minimum atomic E-state index is -4.73. The minimum absolute atomic E-state index is 0.0142. The number of halogens is 3. The van der Waals surface area contributed by atoms with E-state index < -0.39 is 11.9 Å². The molecule has 1 aliphatic heterocycles. The van der Waals surface area contributed by atoms with E-state index in [1.54, 1.807) is 18.2 Å². The van der Waals surface area contributed by atoms with Gasteiger partial charge in [-0.15, -0.1) is 0 Å². The Kier molecular flexibility index (Phi) is 9.09. The summed E-state index contributed by atoms with van der Waals surface area (Å²) in [6.07, 6.45) is 3.65. The lowest BCUT2D eigenvalue weighted by atomic mass is 10.0. The van der Waals surface area contributed by atoms with Gasteiger partial charge in [-0.3, -0.25) is 18.7 Å². The smallest absolute Gasteiger partial charge is 0.355 e. The molecule has 4 heterocycles. The van der Waals surface area contributed by atoms with Gasteiger partial charge in [-0.25, -0.2) is 9.97 Å². The highest BCUT2D eigenvalue weighted by Gasteiger charge is 2.38. The van der Waals surface area contributed by atoms with Crippen molar-refractivity contribution in [2.75, 3.05) is 25.0 Å². The summed E-state index contributed by atoms with van der Waals surface area (Å²) >= 11 is 0. The first-order valence-corrected chi connectivity index (χ1v) is 14.2. The van der Waals surface area contributed by atoms with Crippen LogP contribution >= 0.6 is 0 Å². The number of amides is 2. The van der Waals surface area contributed by atoms with Crippen molar-refractivity contribution in [3.63, 3.8) is 0 Å². The van der Waals surface area contributed by atoms with Gasteiger partial charge in [0.25, 0.3) is 5.91 Å². The van der Waals surface area contributed by atoms with Crippen LogP contribution in [0.5, 0.6) is 0 Å². The molecule has 1 fully saturated rings. The number of benzene rings is 1. The lowest BCUT2D eigenvalue weighted by Crippen LogP contribution is -2.41. The lowest BCUT2D eigenvalue weighted by molar-refractivity contribution is -0.141. The Hall–Kier alpha value is -4.97. The summed E-state index contributed by atoms with van der Waals surface area (Å²) in [7, 11) is 0. The van der Waals surface area contributed by atoms with E-state index >= 15 is 0 Å². The van der Waals surface area contributed by atoms with Gasteiger partial charge in [0.15, 0.2) is 17.2 Å². The summed E-state index contributed by atoms with van der Waals surface area (Å²) < 4.78 is 43.6. The molecule has 0 bridgehead atoms. The molecule has 2 amide bonds. The molecule has 15 heteroatoms. The summed E-state index contributed by atoms with van der Waals surface area (Å²) in [4.78, 5) is 33.6. The molecular weight excluding hydrogens is 577 g/mol. The monoisotopic (exact) mass is 608 g/mol. The van der Waals surface area contributed by atoms with Gasteiger partial charge in [-0.1, -0.05) is 6.92 Å². The normalized spacial score (nSPS) is 14.8. The van der Waals surface area contributed by atoms with Crippen molar-refractivity contribution in [2.24, 2.45) is 0 Å². The second-order valence-electron chi connectivity index (χ2n) is 10.3. The fraction of sp³-hybridized carbons (Fsp3) is 0.379. The second-order valence-corrected chi connectivity index (χ2v) is 10.3. The molecule has 4 aromatic rings. The lowest BCUT2D eigenvalue weighted by Gasteiger charge is -2.13. The zero-order valence-electron chi connectivity index (χ0n) is 23.9. The molecule has 12 nitrogen and oxygen atoms in total. The molecular formula is C29H31F3N10O2. The van der Waals surface area contributed by atoms with Crippen molar-refractivity contribution in [3.05, 3.63) is 59.8 Å². The molecule has 0 radical (unpaired) electrons. The van der Waals surface area contributed by atoms with E-state index in [0.29, 0.717) is 43.0 Å². The number of nitrogens with one attached hydrogen (secondary N) is 4. The fourth-order valence-corrected chi connectivity index (χ4v) is 5.13. The van der Waals surface area contributed by atoms with Crippen LogP contribution < -0.4 is 21.3 Å². The highest BCUT2D eigenvalue weighted by molar-refractivity contribution is 5.96. The predicted octanol–water partition coefficient (Wildman–Crippen LogP) is 3.43. The maximum atomic E-state index is 13.7. The molecule has 0 aliphatic carbocycles. The van der Waals surface area contributed by atoms with Gasteiger partial charge in [-0.05, 0) is 56.0 Å². The Morgan fingerprint density at radius 3 is 2.75 bits per heavy atom. The molecule has 4 N–H and O–H groups in total. The summed E-state index contributed by atoms with van der Waals surface area (Å²) in [6, 6.07) is 6.88. The van der Waals surface area contributed by atoms with E-state index in [9.17, 15) is 22.8 Å². The Labute approximate surface area is 250 Å². The second kappa shape index (κ2) is 13.1. The van der Waals surface area contributed by atoms with E-state index in [-0.39, 0.29) is 41.3 Å². The third-order valence-corrected chi connectivity index (χ3v) is 7.28. The number of imidazole rings is 1. The Morgan fingerprint density at radius 2 is 2.02 bits per heavy atom. The van der Waals surface area contributed by atoms with Crippen LogP contribution in [0.3, 0.4) is 0 Å². The van der Waals surface area contributed by atoms with Crippen LogP contribution in [0.25, 0.3) is 16.9 Å². The number of hydrogen-bond acceptors (Lipinski definition) is 8. The van der Waals surface area contributed by atoms with Gasteiger partial charge >= 0.3 is 6.18 Å². The largest absolute Gasteiger partial charge is 0.435 e. The van der Waals surface area contributed by atoms with Crippen LogP contribution in [-0.2, 0) is 23.9 Å². The van der Waals surface area contributed by atoms with E-state index in [0.717, 1.165) is 29.6 Å². The highest BCUT2D eigenvalue weighted by atomic mass is 19.4. The van der Waals surface area contributed by atoms with Gasteiger partial charge in [0.05, 0.1) is 29.6 Å². The number of aryl methyl sites for hydroxylation is 1. The van der Waals surface area contributed by atoms with Crippen molar-refractivity contribution in [2.45, 2.75) is 51.4 Å². The number of hydrogen-bond donors (Lipinski definition) is 4. The van der Waals surface area contributed by atoms with Gasteiger partial charge in [0.1, 0.15) is 6.54 Å². The molecule has 1 atom stereocenters. The summed E-state index contributed by atoms with van der Waals surface area (Å²) in [5.41, 5.74) is 0.994. The minimum Gasteiger partial charge on any atom is -0.355 e. The van der Waals surface area contributed by atoms with Crippen molar-refractivity contribution in [1.29, 1.82) is 5.26 Å². The van der Waals surface area contributed by atoms with Crippen LogP contribution in [0.1, 0.15) is 47.8 Å². The van der Waals surface area contributed by atoms with Crippen molar-refractivity contribution in [1.82, 2.24) is 40.1 Å². The predicted molar refractivity (Wildman–Crippen MR) is 155 cm³/mol. The number of alkyl halides is 3. The molecule has 0 unspecified atom stereocenters. The SMILES string of the molecule is CCc1cc(Nc2nccn3c(-c4cn(CC#N)nc4C(F)(F)F)cnc23)ccc1C(=O)NCCCNC(=O)[C@@H]1CCCN1. The Balaban J connectivity index is 1.27. The summed E-state index contributed by atoms with van der Waals surface area (Å²) in [5, 5.41) is 24.6. The quantitative estimate of drug-likeness (QED) is 0.189. The molecule has 5 rings (SSSR count). The Bertz CT molecular complexity index is 1700. The maximum Gasteiger partial charge on any atom is 0.435 e. The zero-order valence-corrected chi connectivity index (χ0v) is 23.9. The topological polar surface area (TPSA) is 154 Å². The molecule has 230 valence electrons. The number of nitrogens with zero attached hydrogens (tertiary/aromatic N) is 6. The number of carbonyl (C=O) groups excluding carboxylic acids is 2. The summed E-state index contributed by atoms with van der Waals surface area (Å²) in [6.45, 7) is 3.31. The van der Waals surface area contributed by atoms with Gasteiger partial charge in [0.2, 0.25) is 5.91 Å². The number of nitriles is 1. The third kappa shape index (κ3) is 6.65. The standard InChI is InChI=1S/C29H31F3N10O2/c1-2-18-15-19(6-7-20(18)27(43)36-10-4-11-37-28(44)22-5-3-9-34-22)39-25-26-38-16-23(42(26)14-12-35-25)21-17-41(13-8-33)40-24(21)29(30,31)32/h6-7,12,14-17,22,34H,2-5,9-11,13H2,1H3,(H,35,39)(H,36,43)(H,37,44)/t22-/m0/s1. The Morgan fingerprint density at radius 1 is 1.20 bits per heavy atom. The number of fused-ring (bicyclic) bond motifs is 1. The first-order valence-electron chi connectivity index (χ1n) is 14.2. The molecule has 44 heavy (non-hydrogen) atoms. The van der Waals surface area contributed by atoms with E-state index in [2.05, 4.69) is 36.3 Å². The first kappa shape index (κ1) is 30.5. The van der Waals surface area contributed by atoms with Crippen molar-refractivity contribution < 1.29 is 22.8 Å². The number of rotatable bonds is 11. The van der Waals surface area contributed by atoms with Gasteiger partial charge in [-0.2, -0.15) is 23.5 Å². The third-order valence-electron chi connectivity index (χ3n) is 7.28. The molecule has 1 aliphatic rings. The number of carbonyl (C=O) groups is 2.